The smallest absolute Gasteiger partial charge is 0.118 e. The van der Waals surface area contributed by atoms with Gasteiger partial charge in [0, 0.05) is 6.04 Å². The minimum absolute atomic E-state index is 0.480. The molecule has 1 aliphatic carbocycles. The largest absolute Gasteiger partial charge is 0.497 e. The molecule has 1 aliphatic rings. The molecule has 0 unspecified atom stereocenters. The fraction of sp³-hybridized carbons (Fsp3) is 0.684. The number of methoxy groups -OCH3 is 1. The predicted molar refractivity (Wildman–Crippen MR) is 89.9 cm³/mol. The summed E-state index contributed by atoms with van der Waals surface area (Å²) in [6.45, 7) is 8.23. The fourth-order valence-electron chi connectivity index (χ4n) is 3.38. The Bertz CT molecular complexity index is 410. The summed E-state index contributed by atoms with van der Waals surface area (Å²) in [5, 5.41) is 3.74. The van der Waals surface area contributed by atoms with Crippen molar-refractivity contribution in [3.05, 3.63) is 29.8 Å². The third-order valence-corrected chi connectivity index (χ3v) is 4.96. The van der Waals surface area contributed by atoms with Gasteiger partial charge in [-0.2, -0.15) is 0 Å². The number of hydrogen-bond acceptors (Lipinski definition) is 2. The van der Waals surface area contributed by atoms with Crippen LogP contribution in [0.3, 0.4) is 0 Å². The van der Waals surface area contributed by atoms with E-state index in [4.69, 9.17) is 4.74 Å². The lowest BCUT2D eigenvalue weighted by atomic mass is 9.71. The highest BCUT2D eigenvalue weighted by Gasteiger charge is 2.29. The Morgan fingerprint density at radius 2 is 1.67 bits per heavy atom. The number of rotatable bonds is 5. The second-order valence-corrected chi connectivity index (χ2v) is 7.47. The van der Waals surface area contributed by atoms with Crippen molar-refractivity contribution in [1.82, 2.24) is 5.32 Å². The lowest BCUT2D eigenvalue weighted by molar-refractivity contribution is 0.160. The predicted octanol–water partition coefficient (Wildman–Crippen LogP) is 4.43. The van der Waals surface area contributed by atoms with E-state index in [9.17, 15) is 0 Å². The normalized spacial score (nSPS) is 23.0. The molecule has 118 valence electrons. The van der Waals surface area contributed by atoms with Crippen LogP contribution in [-0.2, 0) is 6.42 Å². The summed E-state index contributed by atoms with van der Waals surface area (Å²) < 4.78 is 5.19. The van der Waals surface area contributed by atoms with Gasteiger partial charge < -0.3 is 10.1 Å². The highest BCUT2D eigenvalue weighted by atomic mass is 16.5. The summed E-state index contributed by atoms with van der Waals surface area (Å²) in [4.78, 5) is 0. The Hall–Kier alpha value is -1.02. The van der Waals surface area contributed by atoms with E-state index in [2.05, 4.69) is 38.2 Å². The van der Waals surface area contributed by atoms with E-state index in [0.29, 0.717) is 5.41 Å². The molecule has 2 nitrogen and oxygen atoms in total. The third-order valence-electron chi connectivity index (χ3n) is 4.96. The number of benzene rings is 1. The van der Waals surface area contributed by atoms with Gasteiger partial charge in [0.05, 0.1) is 7.11 Å². The molecule has 0 spiro atoms. The zero-order valence-corrected chi connectivity index (χ0v) is 14.1. The molecule has 0 bridgehead atoms. The van der Waals surface area contributed by atoms with Crippen LogP contribution in [0.25, 0.3) is 0 Å². The molecule has 1 saturated carbocycles. The maximum absolute atomic E-state index is 5.19. The van der Waals surface area contributed by atoms with Crippen LogP contribution in [0.2, 0.25) is 0 Å². The van der Waals surface area contributed by atoms with Crippen LogP contribution in [0.5, 0.6) is 5.75 Å². The average Bonchev–Trinajstić information content (AvgIpc) is 2.47. The minimum atomic E-state index is 0.480. The van der Waals surface area contributed by atoms with E-state index >= 15 is 0 Å². The van der Waals surface area contributed by atoms with E-state index in [1.807, 2.05) is 12.1 Å². The van der Waals surface area contributed by atoms with Gasteiger partial charge in [0.1, 0.15) is 5.75 Å². The zero-order valence-electron chi connectivity index (χ0n) is 14.1. The van der Waals surface area contributed by atoms with Gasteiger partial charge in [-0.15, -0.1) is 0 Å². The highest BCUT2D eigenvalue weighted by Crippen LogP contribution is 2.37. The van der Waals surface area contributed by atoms with Crippen LogP contribution in [0.15, 0.2) is 24.3 Å². The van der Waals surface area contributed by atoms with Crippen molar-refractivity contribution in [2.24, 2.45) is 11.3 Å². The molecule has 1 aromatic carbocycles. The quantitative estimate of drug-likeness (QED) is 0.865. The maximum atomic E-state index is 5.19. The van der Waals surface area contributed by atoms with Crippen LogP contribution in [-0.4, -0.2) is 19.7 Å². The van der Waals surface area contributed by atoms with Crippen molar-refractivity contribution >= 4 is 0 Å². The molecule has 1 fully saturated rings. The van der Waals surface area contributed by atoms with Gasteiger partial charge in [-0.05, 0) is 67.7 Å². The first-order valence-electron chi connectivity index (χ1n) is 8.35. The van der Waals surface area contributed by atoms with Crippen LogP contribution in [0.4, 0.5) is 0 Å². The molecule has 1 aromatic rings. The van der Waals surface area contributed by atoms with Gasteiger partial charge in [0.2, 0.25) is 0 Å². The maximum Gasteiger partial charge on any atom is 0.118 e. The van der Waals surface area contributed by atoms with Crippen molar-refractivity contribution in [1.29, 1.82) is 0 Å². The van der Waals surface area contributed by atoms with Crippen molar-refractivity contribution in [2.45, 2.75) is 58.9 Å². The summed E-state index contributed by atoms with van der Waals surface area (Å²) in [5.41, 5.74) is 1.86. The molecule has 21 heavy (non-hydrogen) atoms. The Morgan fingerprint density at radius 1 is 1.05 bits per heavy atom. The first-order chi connectivity index (χ1) is 9.99. The molecular weight excluding hydrogens is 258 g/mol. The van der Waals surface area contributed by atoms with Crippen LogP contribution in [0, 0.1) is 11.3 Å². The van der Waals surface area contributed by atoms with Crippen LogP contribution < -0.4 is 10.1 Å². The topological polar surface area (TPSA) is 21.3 Å². The van der Waals surface area contributed by atoms with E-state index < -0.39 is 0 Å². The summed E-state index contributed by atoms with van der Waals surface area (Å²) >= 11 is 0. The van der Waals surface area contributed by atoms with Crippen molar-refractivity contribution in [3.63, 3.8) is 0 Å². The number of ether oxygens (including phenoxy) is 1. The summed E-state index contributed by atoms with van der Waals surface area (Å²) in [5.74, 6) is 1.84. The Morgan fingerprint density at radius 3 is 2.19 bits per heavy atom. The zero-order chi connectivity index (χ0) is 15.3. The Kier molecular flexibility index (Phi) is 5.69. The molecule has 0 radical (unpaired) electrons. The van der Waals surface area contributed by atoms with Crippen LogP contribution in [0.1, 0.15) is 52.0 Å². The molecule has 0 amide bonds. The monoisotopic (exact) mass is 289 g/mol. The van der Waals surface area contributed by atoms with Gasteiger partial charge >= 0.3 is 0 Å². The molecule has 0 atom stereocenters. The SMILES string of the molecule is COc1ccc(CCNC2CCC(C(C)(C)C)CC2)cc1. The first-order valence-corrected chi connectivity index (χ1v) is 8.35. The van der Waals surface area contributed by atoms with E-state index in [1.54, 1.807) is 7.11 Å². The average molecular weight is 289 g/mol. The molecule has 0 aromatic heterocycles. The summed E-state index contributed by atoms with van der Waals surface area (Å²) in [7, 11) is 1.71. The molecule has 0 aliphatic heterocycles. The Balaban J connectivity index is 1.68. The van der Waals surface area contributed by atoms with Crippen molar-refractivity contribution < 1.29 is 4.74 Å². The van der Waals surface area contributed by atoms with Crippen molar-refractivity contribution in [2.75, 3.05) is 13.7 Å². The molecule has 1 N–H and O–H groups in total. The highest BCUT2D eigenvalue weighted by molar-refractivity contribution is 5.27. The van der Waals surface area contributed by atoms with Crippen LogP contribution >= 0.6 is 0 Å². The van der Waals surface area contributed by atoms with E-state index in [-0.39, 0.29) is 0 Å². The van der Waals surface area contributed by atoms with Gasteiger partial charge in [0.15, 0.2) is 0 Å². The lowest BCUT2D eigenvalue weighted by Crippen LogP contribution is -2.37. The second kappa shape index (κ2) is 7.31. The summed E-state index contributed by atoms with van der Waals surface area (Å²) in [6.07, 6.45) is 6.53. The number of hydrogen-bond donors (Lipinski definition) is 1. The van der Waals surface area contributed by atoms with Gasteiger partial charge in [-0.1, -0.05) is 32.9 Å². The number of nitrogens with one attached hydrogen (secondary N) is 1. The summed E-state index contributed by atoms with van der Waals surface area (Å²) in [6, 6.07) is 9.14. The van der Waals surface area contributed by atoms with Crippen molar-refractivity contribution in [3.8, 4) is 5.75 Å². The van der Waals surface area contributed by atoms with Gasteiger partial charge in [0.25, 0.3) is 0 Å². The van der Waals surface area contributed by atoms with E-state index in [0.717, 1.165) is 30.7 Å². The second-order valence-electron chi connectivity index (χ2n) is 7.47. The Labute approximate surface area is 130 Å². The van der Waals surface area contributed by atoms with Gasteiger partial charge in [-0.25, -0.2) is 0 Å². The molecule has 0 saturated heterocycles. The molecular formula is C19H31NO. The standard InChI is InChI=1S/C19H31NO/c1-19(2,3)16-7-9-17(10-8-16)20-14-13-15-5-11-18(21-4)12-6-15/h5-6,11-12,16-17,20H,7-10,13-14H2,1-4H3. The fourth-order valence-corrected chi connectivity index (χ4v) is 3.38. The molecule has 2 heteroatoms. The minimum Gasteiger partial charge on any atom is -0.497 e. The van der Waals surface area contributed by atoms with Gasteiger partial charge in [-0.3, -0.25) is 0 Å². The van der Waals surface area contributed by atoms with E-state index in [1.165, 1.54) is 31.2 Å². The lowest BCUT2D eigenvalue weighted by Gasteiger charge is -2.37. The molecule has 0 heterocycles. The first kappa shape index (κ1) is 16.4. The molecule has 2 rings (SSSR count). The third kappa shape index (κ3) is 5.03.